The molecule has 6 heteroatoms. The van der Waals surface area contributed by atoms with Gasteiger partial charge in [0.05, 0.1) is 11.8 Å². The smallest absolute Gasteiger partial charge is 0.337 e. The minimum atomic E-state index is -4.23. The lowest BCUT2D eigenvalue weighted by molar-refractivity contribution is -0.192. The summed E-state index contributed by atoms with van der Waals surface area (Å²) in [6.45, 7) is 4.62. The summed E-state index contributed by atoms with van der Waals surface area (Å²) in [5, 5.41) is 3.08. The van der Waals surface area contributed by atoms with Crippen LogP contribution >= 0.6 is 0 Å². The van der Waals surface area contributed by atoms with Gasteiger partial charge in [0.25, 0.3) is 0 Å². The van der Waals surface area contributed by atoms with Gasteiger partial charge in [-0.2, -0.15) is 13.2 Å². The summed E-state index contributed by atoms with van der Waals surface area (Å²) in [6.07, 6.45) is -3.49. The number of amides is 1. The third-order valence-corrected chi connectivity index (χ3v) is 4.26. The van der Waals surface area contributed by atoms with Crippen LogP contribution in [-0.4, -0.2) is 42.2 Å². The van der Waals surface area contributed by atoms with Crippen molar-refractivity contribution in [3.05, 3.63) is 0 Å². The largest absolute Gasteiger partial charge is 0.394 e. The number of alkyl halides is 3. The molecule has 3 nitrogen and oxygen atoms in total. The van der Waals surface area contributed by atoms with Gasteiger partial charge >= 0.3 is 6.18 Å². The molecule has 0 aromatic rings. The lowest BCUT2D eigenvalue weighted by Gasteiger charge is -2.38. The minimum absolute atomic E-state index is 0.0163. The van der Waals surface area contributed by atoms with Crippen LogP contribution in [-0.2, 0) is 4.79 Å². The van der Waals surface area contributed by atoms with Crippen LogP contribution in [0.2, 0.25) is 0 Å². The summed E-state index contributed by atoms with van der Waals surface area (Å²) >= 11 is 0. The second kappa shape index (κ2) is 4.40. The number of halogens is 3. The lowest BCUT2D eigenvalue weighted by Crippen LogP contribution is -2.51. The number of carbonyl (C=O) groups is 1. The van der Waals surface area contributed by atoms with Crippen LogP contribution in [0.1, 0.15) is 26.7 Å². The van der Waals surface area contributed by atoms with Crippen molar-refractivity contribution in [1.29, 1.82) is 0 Å². The highest BCUT2D eigenvalue weighted by Crippen LogP contribution is 2.45. The zero-order chi connectivity index (χ0) is 13.6. The average Bonchev–Trinajstić information content (AvgIpc) is 2.81. The number of nitrogens with one attached hydrogen (secondary N) is 1. The average molecular weight is 264 g/mol. The number of likely N-dealkylation sites (tertiary alicyclic amines) is 1. The Kier molecular flexibility index (Phi) is 3.34. The van der Waals surface area contributed by atoms with E-state index >= 15 is 0 Å². The Morgan fingerprint density at radius 2 is 2.00 bits per heavy atom. The van der Waals surface area contributed by atoms with Crippen LogP contribution in [0.15, 0.2) is 0 Å². The van der Waals surface area contributed by atoms with Gasteiger partial charge in [0, 0.05) is 18.6 Å². The number of nitrogens with zero attached hydrogens (tertiary/aromatic N) is 1. The van der Waals surface area contributed by atoms with Crippen LogP contribution in [0.4, 0.5) is 13.2 Å². The van der Waals surface area contributed by atoms with Gasteiger partial charge in [-0.1, -0.05) is 0 Å². The Labute approximate surface area is 105 Å². The molecule has 0 aliphatic carbocycles. The molecule has 0 aromatic carbocycles. The highest BCUT2D eigenvalue weighted by Gasteiger charge is 2.56. The highest BCUT2D eigenvalue weighted by molar-refractivity contribution is 5.80. The molecule has 1 amide bonds. The molecule has 2 atom stereocenters. The molecule has 0 spiro atoms. The molecule has 2 fully saturated rings. The second-order valence-electron chi connectivity index (χ2n) is 5.72. The van der Waals surface area contributed by atoms with E-state index in [1.165, 1.54) is 18.7 Å². The fraction of sp³-hybridized carbons (Fsp3) is 0.917. The predicted octanol–water partition coefficient (Wildman–Crippen LogP) is 1.79. The molecule has 104 valence electrons. The fourth-order valence-corrected chi connectivity index (χ4v) is 3.13. The molecule has 2 heterocycles. The van der Waals surface area contributed by atoms with Gasteiger partial charge in [-0.05, 0) is 33.2 Å². The normalized spacial score (nSPS) is 31.9. The van der Waals surface area contributed by atoms with Crippen molar-refractivity contribution in [3.8, 4) is 0 Å². The van der Waals surface area contributed by atoms with Gasteiger partial charge < -0.3 is 10.2 Å². The topological polar surface area (TPSA) is 32.3 Å². The van der Waals surface area contributed by atoms with Gasteiger partial charge in [0.1, 0.15) is 0 Å². The molecule has 0 saturated carbocycles. The van der Waals surface area contributed by atoms with Crippen molar-refractivity contribution < 1.29 is 18.0 Å². The molecule has 2 saturated heterocycles. The van der Waals surface area contributed by atoms with Crippen molar-refractivity contribution in [3.63, 3.8) is 0 Å². The van der Waals surface area contributed by atoms with Gasteiger partial charge in [0.2, 0.25) is 5.91 Å². The number of rotatable bonds is 1. The monoisotopic (exact) mass is 264 g/mol. The van der Waals surface area contributed by atoms with Gasteiger partial charge in [-0.25, -0.2) is 0 Å². The standard InChI is InChI=1S/C12H19F3N2O/c1-11(2)9(12(13,14)15)4-6-17(11)10(18)8-3-5-16-7-8/h8-9,16H,3-7H2,1-2H3. The Hall–Kier alpha value is -0.780. The molecule has 2 aliphatic rings. The van der Waals surface area contributed by atoms with Gasteiger partial charge in [0.15, 0.2) is 0 Å². The maximum Gasteiger partial charge on any atom is 0.394 e. The Morgan fingerprint density at radius 1 is 1.33 bits per heavy atom. The third-order valence-electron chi connectivity index (χ3n) is 4.26. The fourth-order valence-electron chi connectivity index (χ4n) is 3.13. The summed E-state index contributed by atoms with van der Waals surface area (Å²) in [7, 11) is 0. The zero-order valence-corrected chi connectivity index (χ0v) is 10.7. The first-order valence-electron chi connectivity index (χ1n) is 6.33. The van der Waals surface area contributed by atoms with Gasteiger partial charge in [-0.3, -0.25) is 4.79 Å². The molecule has 1 N–H and O–H groups in total. The Bertz CT molecular complexity index is 335. The maximum absolute atomic E-state index is 12.9. The molecule has 2 rings (SSSR count). The molecule has 2 unspecified atom stereocenters. The van der Waals surface area contributed by atoms with Crippen LogP contribution in [0.5, 0.6) is 0 Å². The van der Waals surface area contributed by atoms with Crippen LogP contribution in [0.25, 0.3) is 0 Å². The second-order valence-corrected chi connectivity index (χ2v) is 5.72. The predicted molar refractivity (Wildman–Crippen MR) is 60.9 cm³/mol. The van der Waals surface area contributed by atoms with Crippen molar-refractivity contribution >= 4 is 5.91 Å². The van der Waals surface area contributed by atoms with E-state index in [2.05, 4.69) is 5.32 Å². The van der Waals surface area contributed by atoms with Crippen molar-refractivity contribution in [2.45, 2.75) is 38.4 Å². The Morgan fingerprint density at radius 3 is 2.44 bits per heavy atom. The first-order valence-corrected chi connectivity index (χ1v) is 6.33. The molecule has 18 heavy (non-hydrogen) atoms. The first-order chi connectivity index (χ1) is 8.24. The van der Waals surface area contributed by atoms with Crippen LogP contribution in [0.3, 0.4) is 0 Å². The van der Waals surface area contributed by atoms with E-state index in [9.17, 15) is 18.0 Å². The highest BCUT2D eigenvalue weighted by atomic mass is 19.4. The van der Waals surface area contributed by atoms with E-state index in [4.69, 9.17) is 0 Å². The summed E-state index contributed by atoms with van der Waals surface area (Å²) in [5.41, 5.74) is -1.13. The lowest BCUT2D eigenvalue weighted by atomic mass is 9.87. The number of hydrogen-bond acceptors (Lipinski definition) is 2. The quantitative estimate of drug-likeness (QED) is 0.783. The molecule has 0 bridgehead atoms. The first kappa shape index (κ1) is 13.6. The summed E-state index contributed by atoms with van der Waals surface area (Å²) < 4.78 is 38.8. The molecule has 0 aromatic heterocycles. The summed E-state index contributed by atoms with van der Waals surface area (Å²) in [5.74, 6) is -1.70. The van der Waals surface area contributed by atoms with E-state index in [1.807, 2.05) is 0 Å². The summed E-state index contributed by atoms with van der Waals surface area (Å²) in [6, 6.07) is 0. The third kappa shape index (κ3) is 2.22. The maximum atomic E-state index is 12.9. The Balaban J connectivity index is 2.13. The molecule has 2 aliphatic heterocycles. The van der Waals surface area contributed by atoms with Crippen molar-refractivity contribution in [2.24, 2.45) is 11.8 Å². The molecular weight excluding hydrogens is 245 g/mol. The van der Waals surface area contributed by atoms with E-state index in [0.717, 1.165) is 13.0 Å². The zero-order valence-electron chi connectivity index (χ0n) is 10.7. The molecule has 0 radical (unpaired) electrons. The van der Waals surface area contributed by atoms with Crippen molar-refractivity contribution in [1.82, 2.24) is 10.2 Å². The minimum Gasteiger partial charge on any atom is -0.337 e. The van der Waals surface area contributed by atoms with Crippen LogP contribution in [0, 0.1) is 11.8 Å². The summed E-state index contributed by atoms with van der Waals surface area (Å²) in [4.78, 5) is 13.7. The van der Waals surface area contributed by atoms with E-state index in [1.54, 1.807) is 0 Å². The van der Waals surface area contributed by atoms with E-state index in [-0.39, 0.29) is 24.8 Å². The van der Waals surface area contributed by atoms with Crippen molar-refractivity contribution in [2.75, 3.05) is 19.6 Å². The number of hydrogen-bond donors (Lipinski definition) is 1. The van der Waals surface area contributed by atoms with E-state index in [0.29, 0.717) is 6.54 Å². The molecular formula is C12H19F3N2O. The number of carbonyl (C=O) groups excluding carboxylic acids is 1. The van der Waals surface area contributed by atoms with Gasteiger partial charge in [-0.15, -0.1) is 0 Å². The van der Waals surface area contributed by atoms with E-state index < -0.39 is 17.6 Å². The van der Waals surface area contributed by atoms with Crippen LogP contribution < -0.4 is 5.32 Å². The SMILES string of the molecule is CC1(C)C(C(F)(F)F)CCN1C(=O)C1CCNC1.